The first kappa shape index (κ1) is 14.0. The highest BCUT2D eigenvalue weighted by atomic mass is 19.1. The number of pyridine rings is 1. The van der Waals surface area contributed by atoms with Crippen LogP contribution in [-0.2, 0) is 0 Å². The molecule has 0 radical (unpaired) electrons. The van der Waals surface area contributed by atoms with Crippen LogP contribution in [0.5, 0.6) is 0 Å². The number of hydrogen-bond acceptors (Lipinski definition) is 3. The lowest BCUT2D eigenvalue weighted by atomic mass is 10.2. The van der Waals surface area contributed by atoms with Crippen LogP contribution >= 0.6 is 0 Å². The molecule has 0 saturated carbocycles. The summed E-state index contributed by atoms with van der Waals surface area (Å²) in [4.78, 5) is 16.1. The number of nitrogens with one attached hydrogen (secondary N) is 2. The van der Waals surface area contributed by atoms with Crippen molar-refractivity contribution in [3.8, 4) is 0 Å². The number of rotatable bonds is 4. The second-order valence-corrected chi connectivity index (χ2v) is 4.38. The first-order valence-electron chi connectivity index (χ1n) is 6.37. The molecule has 5 heteroatoms. The van der Waals surface area contributed by atoms with E-state index in [0.717, 1.165) is 17.8 Å². The zero-order chi connectivity index (χ0) is 14.5. The number of aryl methyl sites for hydroxylation is 1. The van der Waals surface area contributed by atoms with Crippen LogP contribution in [0.2, 0.25) is 0 Å². The van der Waals surface area contributed by atoms with Gasteiger partial charge in [0.25, 0.3) is 5.91 Å². The Morgan fingerprint density at radius 3 is 2.75 bits per heavy atom. The molecular weight excluding hydrogens is 257 g/mol. The molecule has 104 valence electrons. The minimum absolute atomic E-state index is 0.287. The molecule has 0 atom stereocenters. The topological polar surface area (TPSA) is 54.0 Å². The zero-order valence-corrected chi connectivity index (χ0v) is 11.4. The maximum absolute atomic E-state index is 13.2. The number of carbonyl (C=O) groups is 1. The Hall–Kier alpha value is -2.43. The Kier molecular flexibility index (Phi) is 4.30. The average Bonchev–Trinajstić information content (AvgIpc) is 2.44. The summed E-state index contributed by atoms with van der Waals surface area (Å²) in [6.45, 7) is 4.57. The molecule has 1 amide bonds. The highest BCUT2D eigenvalue weighted by Crippen LogP contribution is 2.17. The van der Waals surface area contributed by atoms with E-state index in [1.807, 2.05) is 6.92 Å². The summed E-state index contributed by atoms with van der Waals surface area (Å²) in [7, 11) is 0. The van der Waals surface area contributed by atoms with E-state index in [9.17, 15) is 9.18 Å². The predicted octanol–water partition coefficient (Wildman–Crippen LogP) is 3.21. The summed E-state index contributed by atoms with van der Waals surface area (Å²) in [5.41, 5.74) is 2.39. The van der Waals surface area contributed by atoms with Gasteiger partial charge in [-0.25, -0.2) is 9.37 Å². The summed E-state index contributed by atoms with van der Waals surface area (Å²) in [5.74, 6) is -0.747. The third-order valence-corrected chi connectivity index (χ3v) is 2.82. The third kappa shape index (κ3) is 3.32. The Bertz CT molecular complexity index is 611. The third-order valence-electron chi connectivity index (χ3n) is 2.82. The van der Waals surface area contributed by atoms with E-state index >= 15 is 0 Å². The number of halogens is 1. The monoisotopic (exact) mass is 273 g/mol. The van der Waals surface area contributed by atoms with Gasteiger partial charge in [0.15, 0.2) is 0 Å². The van der Waals surface area contributed by atoms with Gasteiger partial charge in [-0.05, 0) is 43.7 Å². The fraction of sp³-hybridized carbons (Fsp3) is 0.200. The minimum atomic E-state index is -0.388. The summed E-state index contributed by atoms with van der Waals surface area (Å²) in [6.07, 6.45) is 1.59. The number of aromatic nitrogens is 1. The van der Waals surface area contributed by atoms with Crippen molar-refractivity contribution in [2.24, 2.45) is 0 Å². The zero-order valence-electron chi connectivity index (χ0n) is 11.4. The second-order valence-electron chi connectivity index (χ2n) is 4.38. The van der Waals surface area contributed by atoms with Crippen LogP contribution in [0.15, 0.2) is 36.5 Å². The van der Waals surface area contributed by atoms with E-state index in [1.54, 1.807) is 31.3 Å². The van der Waals surface area contributed by atoms with Gasteiger partial charge in [-0.3, -0.25) is 4.79 Å². The van der Waals surface area contributed by atoms with Gasteiger partial charge in [-0.2, -0.15) is 0 Å². The molecule has 0 aliphatic rings. The Morgan fingerprint density at radius 2 is 2.10 bits per heavy atom. The molecule has 0 aliphatic heterocycles. The highest BCUT2D eigenvalue weighted by molar-refractivity contribution is 6.03. The van der Waals surface area contributed by atoms with E-state index < -0.39 is 0 Å². The maximum atomic E-state index is 13.2. The van der Waals surface area contributed by atoms with Gasteiger partial charge < -0.3 is 10.6 Å². The molecule has 4 nitrogen and oxygen atoms in total. The van der Waals surface area contributed by atoms with Crippen LogP contribution < -0.4 is 10.6 Å². The van der Waals surface area contributed by atoms with Crippen LogP contribution in [0.4, 0.5) is 15.8 Å². The van der Waals surface area contributed by atoms with E-state index in [1.165, 1.54) is 12.1 Å². The van der Waals surface area contributed by atoms with E-state index in [-0.39, 0.29) is 17.4 Å². The van der Waals surface area contributed by atoms with E-state index in [0.29, 0.717) is 5.69 Å². The van der Waals surface area contributed by atoms with Gasteiger partial charge in [0, 0.05) is 12.2 Å². The number of anilines is 2. The van der Waals surface area contributed by atoms with Crippen LogP contribution in [0.25, 0.3) is 0 Å². The fourth-order valence-corrected chi connectivity index (χ4v) is 1.75. The Morgan fingerprint density at radius 1 is 1.30 bits per heavy atom. The first-order valence-corrected chi connectivity index (χ1v) is 6.37. The number of nitrogens with zero attached hydrogens (tertiary/aromatic N) is 1. The molecule has 2 aromatic rings. The normalized spacial score (nSPS) is 10.2. The molecule has 1 heterocycles. The van der Waals surface area contributed by atoms with Crippen molar-refractivity contribution in [2.45, 2.75) is 13.8 Å². The van der Waals surface area contributed by atoms with Gasteiger partial charge in [-0.15, -0.1) is 0 Å². The van der Waals surface area contributed by atoms with Crippen molar-refractivity contribution in [3.63, 3.8) is 0 Å². The molecular formula is C15H16FN3O. The lowest BCUT2D eigenvalue weighted by molar-refractivity contribution is 0.102. The highest BCUT2D eigenvalue weighted by Gasteiger charge is 2.09. The van der Waals surface area contributed by atoms with Crippen LogP contribution in [-0.4, -0.2) is 17.4 Å². The van der Waals surface area contributed by atoms with Crippen molar-refractivity contribution in [2.75, 3.05) is 17.2 Å². The SMILES string of the molecule is CCNc1ccc(C(=O)Nc2cc(F)ccc2C)nc1. The number of carbonyl (C=O) groups excluding carboxylic acids is 1. The van der Waals surface area contributed by atoms with Gasteiger partial charge >= 0.3 is 0 Å². The molecule has 0 bridgehead atoms. The Balaban J connectivity index is 2.13. The standard InChI is InChI=1S/C15H16FN3O/c1-3-17-12-6-7-13(18-9-12)15(20)19-14-8-11(16)5-4-10(14)2/h4-9,17H,3H2,1-2H3,(H,19,20). The molecule has 0 fully saturated rings. The molecule has 0 spiro atoms. The summed E-state index contributed by atoms with van der Waals surface area (Å²) < 4.78 is 13.2. The second kappa shape index (κ2) is 6.14. The van der Waals surface area contributed by atoms with Crippen LogP contribution in [0.1, 0.15) is 23.0 Å². The minimum Gasteiger partial charge on any atom is -0.384 e. The lowest BCUT2D eigenvalue weighted by Crippen LogP contribution is -2.14. The lowest BCUT2D eigenvalue weighted by Gasteiger charge is -2.08. The average molecular weight is 273 g/mol. The smallest absolute Gasteiger partial charge is 0.274 e. The number of benzene rings is 1. The summed E-state index contributed by atoms with van der Waals surface area (Å²) in [5, 5.41) is 5.75. The maximum Gasteiger partial charge on any atom is 0.274 e. The van der Waals surface area contributed by atoms with Crippen molar-refractivity contribution < 1.29 is 9.18 Å². The van der Waals surface area contributed by atoms with Gasteiger partial charge in [0.1, 0.15) is 11.5 Å². The van der Waals surface area contributed by atoms with Crippen molar-refractivity contribution in [3.05, 3.63) is 53.6 Å². The molecule has 0 aliphatic carbocycles. The Labute approximate surface area is 117 Å². The van der Waals surface area contributed by atoms with Crippen molar-refractivity contribution >= 4 is 17.3 Å². The van der Waals surface area contributed by atoms with Crippen LogP contribution in [0.3, 0.4) is 0 Å². The van der Waals surface area contributed by atoms with Gasteiger partial charge in [0.05, 0.1) is 11.9 Å². The van der Waals surface area contributed by atoms with Gasteiger partial charge in [-0.1, -0.05) is 6.07 Å². The number of hydrogen-bond donors (Lipinski definition) is 2. The van der Waals surface area contributed by atoms with Crippen molar-refractivity contribution in [1.29, 1.82) is 0 Å². The molecule has 1 aromatic heterocycles. The molecule has 1 aromatic carbocycles. The predicted molar refractivity (Wildman–Crippen MR) is 77.5 cm³/mol. The molecule has 2 rings (SSSR count). The molecule has 2 N–H and O–H groups in total. The fourth-order valence-electron chi connectivity index (χ4n) is 1.75. The summed E-state index contributed by atoms with van der Waals surface area (Å²) >= 11 is 0. The van der Waals surface area contributed by atoms with E-state index in [4.69, 9.17) is 0 Å². The summed E-state index contributed by atoms with van der Waals surface area (Å²) in [6, 6.07) is 7.67. The van der Waals surface area contributed by atoms with Gasteiger partial charge in [0.2, 0.25) is 0 Å². The first-order chi connectivity index (χ1) is 9.60. The van der Waals surface area contributed by atoms with E-state index in [2.05, 4.69) is 15.6 Å². The molecule has 0 saturated heterocycles. The van der Waals surface area contributed by atoms with Crippen LogP contribution in [0, 0.1) is 12.7 Å². The van der Waals surface area contributed by atoms with Crippen molar-refractivity contribution in [1.82, 2.24) is 4.98 Å². The number of amides is 1. The molecule has 0 unspecified atom stereocenters. The quantitative estimate of drug-likeness (QED) is 0.899. The largest absolute Gasteiger partial charge is 0.384 e. The molecule has 20 heavy (non-hydrogen) atoms.